The van der Waals surface area contributed by atoms with Crippen molar-refractivity contribution in [2.45, 2.75) is 37.5 Å². The van der Waals surface area contributed by atoms with E-state index in [1.807, 2.05) is 30.4 Å². The summed E-state index contributed by atoms with van der Waals surface area (Å²) in [5.41, 5.74) is 10.2. The summed E-state index contributed by atoms with van der Waals surface area (Å²) in [5.74, 6) is 0. The van der Waals surface area contributed by atoms with Crippen LogP contribution < -0.4 is 9.80 Å². The fourth-order valence-electron chi connectivity index (χ4n) is 7.49. The molecule has 3 aliphatic rings. The molecule has 0 radical (unpaired) electrons. The number of nitrogens with zero attached hydrogens (tertiary/aromatic N) is 4. The van der Waals surface area contributed by atoms with Crippen LogP contribution in [0, 0.1) is 18.8 Å². The number of anilines is 4. The summed E-state index contributed by atoms with van der Waals surface area (Å²) in [4.78, 5) is 11.6. The minimum absolute atomic E-state index is 0. The van der Waals surface area contributed by atoms with Crippen LogP contribution >= 0.6 is 0 Å². The van der Waals surface area contributed by atoms with Gasteiger partial charge in [-0.25, -0.2) is 0 Å². The Balaban J connectivity index is 0.00000364. The van der Waals surface area contributed by atoms with Gasteiger partial charge in [-0.05, 0) is 72.6 Å². The number of hydrogen-bond donors (Lipinski definition) is 0. The molecule has 242 valence electrons. The Hall–Kier alpha value is -4.66. The Bertz CT molecular complexity index is 1990. The average molecular weight is 805 g/mol. The minimum atomic E-state index is -0.660. The van der Waals surface area contributed by atoms with Crippen molar-refractivity contribution in [2.75, 3.05) is 16.8 Å². The Morgan fingerprint density at radius 2 is 1.56 bits per heavy atom. The monoisotopic (exact) mass is 804 g/mol. The summed E-state index contributed by atoms with van der Waals surface area (Å²) in [5, 5.41) is 0. The van der Waals surface area contributed by atoms with Crippen LogP contribution in [0.2, 0.25) is 0 Å². The van der Waals surface area contributed by atoms with Gasteiger partial charge in [0.1, 0.15) is 0 Å². The molecule has 0 amide bonds. The Morgan fingerprint density at radius 3 is 2.31 bits per heavy atom. The van der Waals surface area contributed by atoms with E-state index >= 15 is 0 Å². The molecular formula is C43H37N4Pt-3. The molecule has 0 spiro atoms. The second-order valence-electron chi connectivity index (χ2n) is 13.0. The van der Waals surface area contributed by atoms with E-state index in [1.54, 1.807) is 0 Å². The van der Waals surface area contributed by atoms with Crippen LogP contribution in [0.15, 0.2) is 146 Å². The molecule has 2 aliphatic heterocycles. The number of rotatable bonds is 6. The van der Waals surface area contributed by atoms with E-state index < -0.39 is 5.41 Å². The first kappa shape index (κ1) is 31.9. The van der Waals surface area contributed by atoms with Gasteiger partial charge in [0.25, 0.3) is 0 Å². The maximum atomic E-state index is 5.06. The van der Waals surface area contributed by atoms with E-state index in [1.165, 1.54) is 22.3 Å². The van der Waals surface area contributed by atoms with Crippen LogP contribution in [0.5, 0.6) is 0 Å². The first-order valence-electron chi connectivity index (χ1n) is 16.3. The maximum Gasteiger partial charge on any atom is 0.0648 e. The zero-order valence-electron chi connectivity index (χ0n) is 27.4. The van der Waals surface area contributed by atoms with Crippen LogP contribution in [0.3, 0.4) is 0 Å². The van der Waals surface area contributed by atoms with Crippen LogP contribution in [0.4, 0.5) is 22.7 Å². The van der Waals surface area contributed by atoms with Gasteiger partial charge in [0.2, 0.25) is 0 Å². The number of hydrogen-bond acceptors (Lipinski definition) is 4. The van der Waals surface area contributed by atoms with Crippen molar-refractivity contribution in [1.29, 1.82) is 0 Å². The van der Waals surface area contributed by atoms with E-state index in [9.17, 15) is 0 Å². The number of benzene rings is 4. The summed E-state index contributed by atoms with van der Waals surface area (Å²) in [6, 6.07) is 44.7. The van der Waals surface area contributed by atoms with Gasteiger partial charge < -0.3 is 14.7 Å². The van der Waals surface area contributed by atoms with E-state index in [-0.39, 0.29) is 26.5 Å². The molecule has 1 aliphatic carbocycles. The summed E-state index contributed by atoms with van der Waals surface area (Å²) in [6.07, 6.45) is 15.0. The smallest absolute Gasteiger partial charge is 0.0648 e. The Labute approximate surface area is 299 Å². The quantitative estimate of drug-likeness (QED) is 0.160. The first-order chi connectivity index (χ1) is 23.0. The first-order valence-corrected chi connectivity index (χ1v) is 16.3. The van der Waals surface area contributed by atoms with Gasteiger partial charge in [0.15, 0.2) is 0 Å². The van der Waals surface area contributed by atoms with Crippen molar-refractivity contribution in [1.82, 2.24) is 9.88 Å². The zero-order chi connectivity index (χ0) is 32.0. The normalized spacial score (nSPS) is 17.2. The van der Waals surface area contributed by atoms with Crippen LogP contribution in [-0.2, 0) is 31.9 Å². The van der Waals surface area contributed by atoms with Gasteiger partial charge in [-0.1, -0.05) is 98.0 Å². The molecule has 4 nitrogen and oxygen atoms in total. The van der Waals surface area contributed by atoms with Crippen LogP contribution in [0.1, 0.15) is 54.6 Å². The molecule has 3 heterocycles. The van der Waals surface area contributed by atoms with E-state index in [0.29, 0.717) is 0 Å². The number of para-hydroxylation sites is 1. The predicted octanol–water partition coefficient (Wildman–Crippen LogP) is 9.74. The summed E-state index contributed by atoms with van der Waals surface area (Å²) in [6.45, 7) is 6.71. The summed E-state index contributed by atoms with van der Waals surface area (Å²) >= 11 is 0. The van der Waals surface area contributed by atoms with Crippen molar-refractivity contribution in [3.63, 3.8) is 0 Å². The topological polar surface area (TPSA) is 22.6 Å². The molecule has 1 unspecified atom stereocenters. The molecule has 0 saturated heterocycles. The largest absolute Gasteiger partial charge is 0.510 e. The van der Waals surface area contributed by atoms with Gasteiger partial charge in [-0.15, -0.1) is 35.0 Å². The molecule has 5 aromatic rings. The Morgan fingerprint density at radius 1 is 0.771 bits per heavy atom. The van der Waals surface area contributed by atoms with E-state index in [0.717, 1.165) is 46.8 Å². The maximum absolute atomic E-state index is 5.06. The second-order valence-corrected chi connectivity index (χ2v) is 13.0. The molecule has 0 saturated carbocycles. The van der Waals surface area contributed by atoms with Gasteiger partial charge >= 0.3 is 0 Å². The number of aromatic nitrogens is 1. The predicted molar refractivity (Wildman–Crippen MR) is 192 cm³/mol. The molecule has 0 fully saturated rings. The number of fused-ring (bicyclic) bond motifs is 2. The second kappa shape index (κ2) is 12.7. The molecule has 0 bridgehead atoms. The van der Waals surface area contributed by atoms with Gasteiger partial charge in [-0.2, -0.15) is 30.9 Å². The molecule has 48 heavy (non-hydrogen) atoms. The Kier molecular flexibility index (Phi) is 8.47. The SMILES string of the molecule is CN1C=CN(c2[c-]c(N3c4[c-]c(C(C5=CCCC=C5)(c5ccccc5)c5ccccn5)ccc4C(C)(C)c4ccccc43)ccc2)[CH-]1.[Pt]. The van der Waals surface area contributed by atoms with E-state index in [4.69, 9.17) is 4.98 Å². The van der Waals surface area contributed by atoms with Crippen molar-refractivity contribution >= 4 is 22.7 Å². The fraction of sp³-hybridized carbons (Fsp3) is 0.163. The van der Waals surface area contributed by atoms with Gasteiger partial charge in [-0.3, -0.25) is 4.98 Å². The molecular weight excluding hydrogens is 768 g/mol. The number of allylic oxidation sites excluding steroid dienone is 4. The molecule has 0 N–H and O–H groups in total. The summed E-state index contributed by atoms with van der Waals surface area (Å²) in [7, 11) is 2.04. The molecule has 5 heteroatoms. The third kappa shape index (κ3) is 5.15. The van der Waals surface area contributed by atoms with Crippen molar-refractivity contribution < 1.29 is 21.1 Å². The van der Waals surface area contributed by atoms with Gasteiger partial charge in [0.05, 0.1) is 11.1 Å². The summed E-state index contributed by atoms with van der Waals surface area (Å²) < 4.78 is 0. The molecule has 8 rings (SSSR count). The van der Waals surface area contributed by atoms with Crippen LogP contribution in [-0.4, -0.2) is 16.9 Å². The van der Waals surface area contributed by atoms with Gasteiger partial charge in [0, 0.05) is 32.9 Å². The number of pyridine rings is 1. The molecule has 1 aromatic heterocycles. The van der Waals surface area contributed by atoms with Crippen molar-refractivity contribution in [3.05, 3.63) is 192 Å². The molecule has 1 atom stereocenters. The van der Waals surface area contributed by atoms with Crippen LogP contribution in [0.25, 0.3) is 0 Å². The third-order valence-electron chi connectivity index (χ3n) is 9.78. The minimum Gasteiger partial charge on any atom is -0.510 e. The standard InChI is InChI=1S/C43H37N4.Pt/c1-42(2)37-21-10-11-22-39(37)47(36-20-14-19-35(30-36)46-28-27-45(3)31-46)40-29-34(24-25-38(40)42)43(32-15-6-4-7-16-32,33-17-8-5-9-18-33)41-23-12-13-26-44-41;/h4,6-8,10-28,31H,5,9H2,1-3H3;/q-3;. The van der Waals surface area contributed by atoms with Crippen molar-refractivity contribution in [2.24, 2.45) is 0 Å². The molecule has 4 aromatic carbocycles. The fourth-order valence-corrected chi connectivity index (χ4v) is 7.49. The third-order valence-corrected chi connectivity index (χ3v) is 9.78. The average Bonchev–Trinajstić information content (AvgIpc) is 3.56. The van der Waals surface area contributed by atoms with Crippen molar-refractivity contribution in [3.8, 4) is 0 Å². The zero-order valence-corrected chi connectivity index (χ0v) is 29.6. The van der Waals surface area contributed by atoms with E-state index in [2.05, 4.69) is 164 Å².